The quantitative estimate of drug-likeness (QED) is 0.474. The molecule has 0 fully saturated rings. The van der Waals surface area contributed by atoms with Crippen LogP contribution in [0.5, 0.6) is 5.75 Å². The molecular weight excluding hydrogens is 339 g/mol. The molecule has 0 atom stereocenters. The third-order valence-electron chi connectivity index (χ3n) is 1.75. The van der Waals surface area contributed by atoms with Crippen LogP contribution in [0.1, 0.15) is 5.56 Å². The molecule has 0 radical (unpaired) electrons. The SMILES string of the molecule is NCCN=Cc1ccccc1OCC(=O)[O-].O.O.[Cl][Cu+]. The van der Waals surface area contributed by atoms with Crippen LogP contribution in [-0.4, -0.2) is 42.8 Å². The summed E-state index contributed by atoms with van der Waals surface area (Å²) in [6.45, 7) is 0.523. The molecule has 0 aliphatic heterocycles. The van der Waals surface area contributed by atoms with Gasteiger partial charge < -0.3 is 31.3 Å². The third kappa shape index (κ3) is 10.7. The first-order valence-corrected chi connectivity index (χ1v) is 6.26. The van der Waals surface area contributed by atoms with Gasteiger partial charge in [-0.05, 0) is 12.1 Å². The number of halogens is 1. The second kappa shape index (κ2) is 15.9. The fraction of sp³-hybridized carbons (Fsp3) is 0.273. The van der Waals surface area contributed by atoms with Gasteiger partial charge in [0.25, 0.3) is 0 Å². The van der Waals surface area contributed by atoms with Crippen molar-refractivity contribution in [2.75, 3.05) is 19.7 Å². The molecule has 0 spiro atoms. The third-order valence-corrected chi connectivity index (χ3v) is 1.75. The average molecular weight is 356 g/mol. The molecule has 0 saturated carbocycles. The minimum atomic E-state index is -1.26. The predicted molar refractivity (Wildman–Crippen MR) is 71.5 cm³/mol. The van der Waals surface area contributed by atoms with E-state index in [4.69, 9.17) is 10.5 Å². The van der Waals surface area contributed by atoms with Gasteiger partial charge in [-0.1, -0.05) is 12.1 Å². The zero-order chi connectivity index (χ0) is 13.8. The van der Waals surface area contributed by atoms with Crippen molar-refractivity contribution in [2.45, 2.75) is 0 Å². The summed E-state index contributed by atoms with van der Waals surface area (Å²) in [7, 11) is 4.20. The van der Waals surface area contributed by atoms with Crippen LogP contribution in [0.15, 0.2) is 29.3 Å². The van der Waals surface area contributed by atoms with Gasteiger partial charge in [0.1, 0.15) is 12.4 Å². The van der Waals surface area contributed by atoms with Gasteiger partial charge in [0.2, 0.25) is 0 Å². The van der Waals surface area contributed by atoms with E-state index >= 15 is 0 Å². The van der Waals surface area contributed by atoms with Crippen LogP contribution in [0.2, 0.25) is 0 Å². The summed E-state index contributed by atoms with van der Waals surface area (Å²) in [6.07, 6.45) is 1.61. The van der Waals surface area contributed by atoms with Gasteiger partial charge in [-0.25, -0.2) is 0 Å². The number of ether oxygens (including phenoxy) is 1. The number of carbonyl (C=O) groups excluding carboxylic acids is 1. The molecule has 0 heterocycles. The van der Waals surface area contributed by atoms with Crippen LogP contribution < -0.4 is 15.6 Å². The molecule has 1 rings (SSSR count). The Morgan fingerprint density at radius 3 is 2.55 bits per heavy atom. The number of carbonyl (C=O) groups is 1. The molecule has 0 aliphatic carbocycles. The zero-order valence-corrected chi connectivity index (χ0v) is 12.1. The molecule has 20 heavy (non-hydrogen) atoms. The van der Waals surface area contributed by atoms with Crippen LogP contribution >= 0.6 is 10.1 Å². The number of carboxylic acid groups (broad SMARTS) is 1. The fourth-order valence-corrected chi connectivity index (χ4v) is 1.09. The predicted octanol–water partition coefficient (Wildman–Crippen LogP) is -1.77. The summed E-state index contributed by atoms with van der Waals surface area (Å²) in [5.41, 5.74) is 6.02. The molecule has 0 saturated heterocycles. The number of aliphatic carboxylic acids is 1. The second-order valence-electron chi connectivity index (χ2n) is 3.02. The maximum atomic E-state index is 10.3. The van der Waals surface area contributed by atoms with Gasteiger partial charge in [0, 0.05) is 18.3 Å². The van der Waals surface area contributed by atoms with E-state index in [0.717, 1.165) is 5.56 Å². The van der Waals surface area contributed by atoms with Crippen molar-refractivity contribution in [3.8, 4) is 5.75 Å². The summed E-state index contributed by atoms with van der Waals surface area (Å²) in [6, 6.07) is 7.03. The van der Waals surface area contributed by atoms with Crippen molar-refractivity contribution in [3.63, 3.8) is 0 Å². The number of carboxylic acids is 1. The summed E-state index contributed by atoms with van der Waals surface area (Å²) < 4.78 is 5.04. The Morgan fingerprint density at radius 2 is 2.00 bits per heavy atom. The summed E-state index contributed by atoms with van der Waals surface area (Å²) >= 11 is 3.66. The minimum absolute atomic E-state index is 0. The van der Waals surface area contributed by atoms with Crippen LogP contribution in [0.25, 0.3) is 0 Å². The first-order chi connectivity index (χ1) is 8.74. The first kappa shape index (κ1) is 23.9. The Kier molecular flexibility index (Phi) is 19.0. The molecule has 0 aliphatic rings. The first-order valence-electron chi connectivity index (χ1n) is 4.97. The van der Waals surface area contributed by atoms with Crippen molar-refractivity contribution >= 4 is 22.3 Å². The molecule has 0 bridgehead atoms. The van der Waals surface area contributed by atoms with Crippen LogP contribution in [0, 0.1) is 0 Å². The van der Waals surface area contributed by atoms with E-state index in [2.05, 4.69) is 30.2 Å². The summed E-state index contributed by atoms with van der Waals surface area (Å²) in [5.74, 6) is -0.791. The van der Waals surface area contributed by atoms with E-state index in [1.807, 2.05) is 6.07 Å². The van der Waals surface area contributed by atoms with E-state index in [9.17, 15) is 9.90 Å². The Bertz CT molecular complexity index is 393. The van der Waals surface area contributed by atoms with Crippen LogP contribution in [-0.2, 0) is 19.9 Å². The second-order valence-corrected chi connectivity index (χ2v) is 3.02. The standard InChI is InChI=1S/C11H14N2O3.ClH.Cu.2H2O/c12-5-6-13-7-9-3-1-2-4-10(9)16-8-11(14)15;;;;/h1-4,7H,5-6,8,12H2,(H,14,15);1H;;2*1H2/q;;+2;;/p-2. The van der Waals surface area contributed by atoms with Crippen LogP contribution in [0.3, 0.4) is 0 Å². The molecule has 9 heteroatoms. The Hall–Kier alpha value is -1.15. The fourth-order valence-electron chi connectivity index (χ4n) is 1.09. The molecule has 0 unspecified atom stereocenters. The van der Waals surface area contributed by atoms with E-state index in [0.29, 0.717) is 18.8 Å². The van der Waals surface area contributed by atoms with Crippen molar-refractivity contribution in [1.82, 2.24) is 0 Å². The van der Waals surface area contributed by atoms with E-state index in [-0.39, 0.29) is 11.0 Å². The molecule has 1 aromatic rings. The van der Waals surface area contributed by atoms with Gasteiger partial charge in [0.15, 0.2) is 0 Å². The molecule has 0 amide bonds. The van der Waals surface area contributed by atoms with Gasteiger partial charge in [-0.15, -0.1) is 0 Å². The number of hydrogen-bond donors (Lipinski definition) is 1. The number of benzene rings is 1. The van der Waals surface area contributed by atoms with E-state index in [1.165, 1.54) is 0 Å². The maximum absolute atomic E-state index is 10.3. The molecule has 119 valence electrons. The number of nitrogens with two attached hydrogens (primary N) is 1. The molecule has 7 nitrogen and oxygen atoms in total. The molecule has 1 aromatic carbocycles. The monoisotopic (exact) mass is 355 g/mol. The van der Waals surface area contributed by atoms with Crippen molar-refractivity contribution in [1.29, 1.82) is 0 Å². The summed E-state index contributed by atoms with van der Waals surface area (Å²) in [4.78, 5) is 14.3. The molecule has 0 aromatic heterocycles. The van der Waals surface area contributed by atoms with Crippen molar-refractivity contribution in [3.05, 3.63) is 29.8 Å². The molecule has 6 N–H and O–H groups in total. The number of para-hydroxylation sites is 1. The van der Waals surface area contributed by atoms with E-state index < -0.39 is 12.6 Å². The van der Waals surface area contributed by atoms with Gasteiger partial charge >= 0.3 is 25.2 Å². The van der Waals surface area contributed by atoms with Crippen molar-refractivity contribution in [2.24, 2.45) is 10.7 Å². The Morgan fingerprint density at radius 1 is 1.40 bits per heavy atom. The Balaban J connectivity index is -0.000000689. The topological polar surface area (TPSA) is 151 Å². The number of hydrogen-bond acceptors (Lipinski definition) is 5. The average Bonchev–Trinajstić information content (AvgIpc) is 2.40. The van der Waals surface area contributed by atoms with E-state index in [1.54, 1.807) is 24.4 Å². The Labute approximate surface area is 129 Å². The van der Waals surface area contributed by atoms with Gasteiger partial charge in [-0.3, -0.25) is 4.99 Å². The summed E-state index contributed by atoms with van der Waals surface area (Å²) in [5, 5.41) is 10.3. The van der Waals surface area contributed by atoms with Crippen LogP contribution in [0.4, 0.5) is 0 Å². The van der Waals surface area contributed by atoms with Crippen molar-refractivity contribution < 1.29 is 40.7 Å². The zero-order valence-electron chi connectivity index (χ0n) is 10.4. The number of aliphatic imine (C=N–C) groups is 1. The molecular formula is C11H17ClCuN2O5. The number of rotatable bonds is 6. The normalized spacial score (nSPS) is 8.80. The van der Waals surface area contributed by atoms with Gasteiger partial charge in [-0.2, -0.15) is 0 Å². The van der Waals surface area contributed by atoms with Gasteiger partial charge in [0.05, 0.1) is 12.5 Å². The number of nitrogens with zero attached hydrogens (tertiary/aromatic N) is 1.